The number of nitrogens with two attached hydrogens (primary N) is 1. The van der Waals surface area contributed by atoms with Crippen molar-refractivity contribution in [2.75, 3.05) is 13.2 Å². The first-order chi connectivity index (χ1) is 8.22. The molecule has 0 fully saturated rings. The molecule has 4 heteroatoms. The van der Waals surface area contributed by atoms with Gasteiger partial charge in [0, 0.05) is 6.54 Å². The van der Waals surface area contributed by atoms with Crippen molar-refractivity contribution in [1.29, 1.82) is 0 Å². The molecular formula is C13H16BrNO2. The van der Waals surface area contributed by atoms with Crippen molar-refractivity contribution in [3.8, 4) is 23.3 Å². The molecule has 0 unspecified atom stereocenters. The van der Waals surface area contributed by atoms with Crippen molar-refractivity contribution < 1.29 is 9.47 Å². The standard InChI is InChI=1S/C13H16BrNO2/c1-3-5-6-17-13-11(14)7-10(9-15)8-12(13)16-4-2/h7-8H,4,6,9,15H2,1-2H3. The summed E-state index contributed by atoms with van der Waals surface area (Å²) in [5, 5.41) is 0. The van der Waals surface area contributed by atoms with Crippen LogP contribution in [0.1, 0.15) is 19.4 Å². The van der Waals surface area contributed by atoms with E-state index in [9.17, 15) is 0 Å². The predicted molar refractivity (Wildman–Crippen MR) is 72.1 cm³/mol. The fraction of sp³-hybridized carbons (Fsp3) is 0.385. The summed E-state index contributed by atoms with van der Waals surface area (Å²) in [5.74, 6) is 7.00. The van der Waals surface area contributed by atoms with Gasteiger partial charge in [0.1, 0.15) is 6.61 Å². The minimum atomic E-state index is 0.344. The number of ether oxygens (including phenoxy) is 2. The first kappa shape index (κ1) is 13.9. The monoisotopic (exact) mass is 297 g/mol. The second kappa shape index (κ2) is 7.21. The molecule has 1 rings (SSSR count). The fourth-order valence-corrected chi connectivity index (χ4v) is 1.93. The lowest BCUT2D eigenvalue weighted by molar-refractivity contribution is 0.297. The summed E-state index contributed by atoms with van der Waals surface area (Å²) in [4.78, 5) is 0. The summed E-state index contributed by atoms with van der Waals surface area (Å²) >= 11 is 3.45. The Morgan fingerprint density at radius 3 is 2.71 bits per heavy atom. The molecule has 0 saturated heterocycles. The van der Waals surface area contributed by atoms with Gasteiger partial charge < -0.3 is 15.2 Å². The Morgan fingerprint density at radius 1 is 1.35 bits per heavy atom. The van der Waals surface area contributed by atoms with Crippen molar-refractivity contribution in [2.45, 2.75) is 20.4 Å². The summed E-state index contributed by atoms with van der Waals surface area (Å²) in [5.41, 5.74) is 6.61. The zero-order valence-electron chi connectivity index (χ0n) is 10.0. The first-order valence-electron chi connectivity index (χ1n) is 5.40. The number of hydrogen-bond acceptors (Lipinski definition) is 3. The third kappa shape index (κ3) is 3.95. The number of benzene rings is 1. The van der Waals surface area contributed by atoms with E-state index in [0.717, 1.165) is 10.0 Å². The average Bonchev–Trinajstić information content (AvgIpc) is 2.32. The van der Waals surface area contributed by atoms with Gasteiger partial charge in [0.25, 0.3) is 0 Å². The quantitative estimate of drug-likeness (QED) is 0.850. The second-order valence-corrected chi connectivity index (χ2v) is 4.11. The minimum absolute atomic E-state index is 0.344. The lowest BCUT2D eigenvalue weighted by Crippen LogP contribution is -2.03. The second-order valence-electron chi connectivity index (χ2n) is 3.26. The first-order valence-corrected chi connectivity index (χ1v) is 6.19. The van der Waals surface area contributed by atoms with Gasteiger partial charge in [0.15, 0.2) is 11.5 Å². The molecule has 2 N–H and O–H groups in total. The summed E-state index contributed by atoms with van der Waals surface area (Å²) in [6, 6.07) is 3.82. The van der Waals surface area contributed by atoms with Gasteiger partial charge in [-0.3, -0.25) is 0 Å². The third-order valence-corrected chi connectivity index (χ3v) is 2.66. The minimum Gasteiger partial charge on any atom is -0.490 e. The number of halogens is 1. The van der Waals surface area contributed by atoms with Gasteiger partial charge in [0.2, 0.25) is 0 Å². The highest BCUT2D eigenvalue weighted by Gasteiger charge is 2.11. The van der Waals surface area contributed by atoms with E-state index in [4.69, 9.17) is 15.2 Å². The maximum atomic E-state index is 5.62. The molecule has 0 aromatic heterocycles. The summed E-state index contributed by atoms with van der Waals surface area (Å²) in [7, 11) is 0. The Labute approximate surface area is 110 Å². The van der Waals surface area contributed by atoms with Crippen LogP contribution in [-0.4, -0.2) is 13.2 Å². The van der Waals surface area contributed by atoms with E-state index in [0.29, 0.717) is 31.3 Å². The van der Waals surface area contributed by atoms with Crippen molar-refractivity contribution >= 4 is 15.9 Å². The summed E-state index contributed by atoms with van der Waals surface area (Å²) < 4.78 is 11.9. The van der Waals surface area contributed by atoms with Crippen molar-refractivity contribution in [3.63, 3.8) is 0 Å². The van der Waals surface area contributed by atoms with E-state index >= 15 is 0 Å². The van der Waals surface area contributed by atoms with Gasteiger partial charge in [-0.1, -0.05) is 5.92 Å². The molecule has 0 amide bonds. The lowest BCUT2D eigenvalue weighted by atomic mass is 10.2. The molecule has 0 aliphatic rings. The van der Waals surface area contributed by atoms with Gasteiger partial charge in [0.05, 0.1) is 11.1 Å². The molecule has 0 heterocycles. The van der Waals surface area contributed by atoms with Crippen LogP contribution in [0, 0.1) is 11.8 Å². The van der Waals surface area contributed by atoms with E-state index < -0.39 is 0 Å². The van der Waals surface area contributed by atoms with Crippen LogP contribution in [0.4, 0.5) is 0 Å². The van der Waals surface area contributed by atoms with E-state index in [1.165, 1.54) is 0 Å². The van der Waals surface area contributed by atoms with Crippen LogP contribution in [0.3, 0.4) is 0 Å². The molecule has 1 aromatic rings. The zero-order valence-corrected chi connectivity index (χ0v) is 11.6. The average molecular weight is 298 g/mol. The predicted octanol–water partition coefficient (Wildman–Crippen LogP) is 2.71. The van der Waals surface area contributed by atoms with Gasteiger partial charge in [-0.25, -0.2) is 0 Å². The molecule has 1 aromatic carbocycles. The van der Waals surface area contributed by atoms with Crippen LogP contribution in [0.2, 0.25) is 0 Å². The highest BCUT2D eigenvalue weighted by Crippen LogP contribution is 2.36. The highest BCUT2D eigenvalue weighted by molar-refractivity contribution is 9.10. The lowest BCUT2D eigenvalue weighted by Gasteiger charge is -2.13. The smallest absolute Gasteiger partial charge is 0.176 e. The normalized spacial score (nSPS) is 9.41. The Morgan fingerprint density at radius 2 is 2.12 bits per heavy atom. The van der Waals surface area contributed by atoms with Crippen LogP contribution in [0.5, 0.6) is 11.5 Å². The van der Waals surface area contributed by atoms with Gasteiger partial charge in [-0.05, 0) is 47.5 Å². The molecule has 0 radical (unpaired) electrons. The van der Waals surface area contributed by atoms with Crippen LogP contribution >= 0.6 is 15.9 Å². The Kier molecular flexibility index (Phi) is 5.88. The third-order valence-electron chi connectivity index (χ3n) is 2.07. The molecule has 0 atom stereocenters. The zero-order chi connectivity index (χ0) is 12.7. The van der Waals surface area contributed by atoms with Crippen LogP contribution in [0.15, 0.2) is 16.6 Å². The van der Waals surface area contributed by atoms with Crippen LogP contribution in [-0.2, 0) is 6.54 Å². The fourth-order valence-electron chi connectivity index (χ4n) is 1.32. The summed E-state index contributed by atoms with van der Waals surface area (Å²) in [6.45, 7) is 5.10. The maximum Gasteiger partial charge on any atom is 0.176 e. The molecule has 0 bridgehead atoms. The van der Waals surface area contributed by atoms with Crippen LogP contribution in [0.25, 0.3) is 0 Å². The topological polar surface area (TPSA) is 44.5 Å². The molecule has 0 saturated carbocycles. The maximum absolute atomic E-state index is 5.62. The molecule has 0 aliphatic carbocycles. The Balaban J connectivity index is 3.01. The van der Waals surface area contributed by atoms with Gasteiger partial charge in [-0.2, -0.15) is 0 Å². The molecule has 17 heavy (non-hydrogen) atoms. The van der Waals surface area contributed by atoms with Crippen molar-refractivity contribution in [3.05, 3.63) is 22.2 Å². The van der Waals surface area contributed by atoms with E-state index in [1.54, 1.807) is 6.92 Å². The van der Waals surface area contributed by atoms with Crippen LogP contribution < -0.4 is 15.2 Å². The highest BCUT2D eigenvalue weighted by atomic mass is 79.9. The Hall–Kier alpha value is -1.18. The van der Waals surface area contributed by atoms with E-state index in [-0.39, 0.29) is 0 Å². The summed E-state index contributed by atoms with van der Waals surface area (Å²) in [6.07, 6.45) is 0. The van der Waals surface area contributed by atoms with Gasteiger partial charge in [-0.15, -0.1) is 5.92 Å². The molecule has 92 valence electrons. The van der Waals surface area contributed by atoms with Crippen molar-refractivity contribution in [1.82, 2.24) is 0 Å². The molecular weight excluding hydrogens is 282 g/mol. The number of rotatable bonds is 5. The van der Waals surface area contributed by atoms with Crippen molar-refractivity contribution in [2.24, 2.45) is 5.73 Å². The Bertz CT molecular complexity index is 435. The van der Waals surface area contributed by atoms with Gasteiger partial charge >= 0.3 is 0 Å². The SMILES string of the molecule is CC#CCOc1c(Br)cc(CN)cc1OCC. The molecule has 0 spiro atoms. The van der Waals surface area contributed by atoms with E-state index in [2.05, 4.69) is 27.8 Å². The largest absolute Gasteiger partial charge is 0.490 e. The molecule has 3 nitrogen and oxygen atoms in total. The van der Waals surface area contributed by atoms with E-state index in [1.807, 2.05) is 19.1 Å². The molecule has 0 aliphatic heterocycles. The number of hydrogen-bond donors (Lipinski definition) is 1.